The van der Waals surface area contributed by atoms with E-state index in [0.29, 0.717) is 17.5 Å². The lowest BCUT2D eigenvalue weighted by Gasteiger charge is -2.09. The standard InChI is InChI=1S/C27H16BN3S/c28-22-16-8-14-20-19-13-7-15-21(23(19)32-24(20)22)27-30-25(17-9-3-1-4-10-17)29-26(31-27)18-11-5-2-6-12-18/h1-16H. The Kier molecular flexibility index (Phi) is 4.55. The fourth-order valence-electron chi connectivity index (χ4n) is 3.95. The van der Waals surface area contributed by atoms with Crippen molar-refractivity contribution < 1.29 is 0 Å². The van der Waals surface area contributed by atoms with Gasteiger partial charge in [-0.05, 0) is 11.5 Å². The predicted octanol–water partition coefficient (Wildman–Crippen LogP) is 6.03. The summed E-state index contributed by atoms with van der Waals surface area (Å²) >= 11 is 1.69. The molecule has 5 heteroatoms. The molecule has 0 unspecified atom stereocenters. The monoisotopic (exact) mass is 425 g/mol. The maximum Gasteiger partial charge on any atom is 0.165 e. The Morgan fingerprint density at radius 1 is 0.500 bits per heavy atom. The number of aromatic nitrogens is 3. The molecular formula is C27H16BN3S. The van der Waals surface area contributed by atoms with E-state index in [9.17, 15) is 0 Å². The summed E-state index contributed by atoms with van der Waals surface area (Å²) in [6.07, 6.45) is 0. The molecule has 6 aromatic rings. The van der Waals surface area contributed by atoms with Gasteiger partial charge in [0, 0.05) is 31.5 Å². The Labute approximate surface area is 190 Å². The summed E-state index contributed by atoms with van der Waals surface area (Å²) < 4.78 is 2.22. The number of hydrogen-bond acceptors (Lipinski definition) is 4. The fourth-order valence-corrected chi connectivity index (χ4v) is 5.18. The minimum atomic E-state index is 0.659. The van der Waals surface area contributed by atoms with Crippen molar-refractivity contribution in [2.24, 2.45) is 0 Å². The van der Waals surface area contributed by atoms with Gasteiger partial charge in [0.15, 0.2) is 17.5 Å². The van der Waals surface area contributed by atoms with Crippen molar-refractivity contribution in [2.75, 3.05) is 0 Å². The number of benzene rings is 4. The van der Waals surface area contributed by atoms with E-state index in [1.165, 1.54) is 0 Å². The van der Waals surface area contributed by atoms with Crippen LogP contribution in [0.15, 0.2) is 97.1 Å². The van der Waals surface area contributed by atoms with Gasteiger partial charge in [-0.2, -0.15) is 0 Å². The molecule has 2 heterocycles. The summed E-state index contributed by atoms with van der Waals surface area (Å²) in [4.78, 5) is 14.6. The van der Waals surface area contributed by atoms with Crippen LogP contribution < -0.4 is 5.46 Å². The largest absolute Gasteiger partial charge is 0.208 e. The second kappa shape index (κ2) is 7.70. The Morgan fingerprint density at radius 2 is 1.03 bits per heavy atom. The van der Waals surface area contributed by atoms with Gasteiger partial charge in [-0.15, -0.1) is 11.3 Å². The van der Waals surface area contributed by atoms with Gasteiger partial charge < -0.3 is 0 Å². The highest BCUT2D eigenvalue weighted by molar-refractivity contribution is 7.27. The van der Waals surface area contributed by atoms with Gasteiger partial charge in [0.05, 0.1) is 0 Å². The molecule has 2 radical (unpaired) electrons. The molecule has 0 N–H and O–H groups in total. The molecule has 0 saturated carbocycles. The molecule has 3 nitrogen and oxygen atoms in total. The van der Waals surface area contributed by atoms with Crippen molar-refractivity contribution in [1.29, 1.82) is 0 Å². The quantitative estimate of drug-likeness (QED) is 0.325. The fraction of sp³-hybridized carbons (Fsp3) is 0. The maximum absolute atomic E-state index is 6.28. The Bertz CT molecular complexity index is 1520. The van der Waals surface area contributed by atoms with Gasteiger partial charge in [0.2, 0.25) is 0 Å². The third kappa shape index (κ3) is 3.18. The summed E-state index contributed by atoms with van der Waals surface area (Å²) in [5.41, 5.74) is 3.70. The van der Waals surface area contributed by atoms with Crippen molar-refractivity contribution in [3.63, 3.8) is 0 Å². The lowest BCUT2D eigenvalue weighted by Crippen LogP contribution is -2.00. The third-order valence-corrected chi connectivity index (χ3v) is 6.80. The zero-order valence-electron chi connectivity index (χ0n) is 17.1. The van der Waals surface area contributed by atoms with Crippen molar-refractivity contribution in [2.45, 2.75) is 0 Å². The Hall–Kier alpha value is -3.83. The van der Waals surface area contributed by atoms with Crippen LogP contribution in [0.1, 0.15) is 0 Å². The minimum absolute atomic E-state index is 0.659. The summed E-state index contributed by atoms with van der Waals surface area (Å²) in [7, 11) is 6.28. The number of rotatable bonds is 3. The summed E-state index contributed by atoms with van der Waals surface area (Å²) in [5.74, 6) is 1.98. The molecule has 0 aliphatic carbocycles. The van der Waals surface area contributed by atoms with Crippen LogP contribution in [0, 0.1) is 0 Å². The van der Waals surface area contributed by atoms with Gasteiger partial charge in [-0.25, -0.2) is 15.0 Å². The molecule has 0 amide bonds. The van der Waals surface area contributed by atoms with Crippen LogP contribution in [0.3, 0.4) is 0 Å². The molecule has 32 heavy (non-hydrogen) atoms. The molecule has 0 aliphatic heterocycles. The first kappa shape index (κ1) is 18.9. The van der Waals surface area contributed by atoms with E-state index >= 15 is 0 Å². The zero-order valence-corrected chi connectivity index (χ0v) is 17.9. The zero-order chi connectivity index (χ0) is 21.5. The van der Waals surface area contributed by atoms with E-state index in [0.717, 1.165) is 42.3 Å². The van der Waals surface area contributed by atoms with Crippen molar-refractivity contribution >= 4 is 44.8 Å². The SMILES string of the molecule is [B]c1cccc2c1sc1c(-c3nc(-c4ccccc4)nc(-c4ccccc4)n3)cccc12. The molecule has 0 fully saturated rings. The van der Waals surface area contributed by atoms with E-state index in [4.69, 9.17) is 22.8 Å². The smallest absolute Gasteiger partial charge is 0.165 e. The first-order valence-electron chi connectivity index (χ1n) is 10.3. The minimum Gasteiger partial charge on any atom is -0.208 e. The van der Waals surface area contributed by atoms with Crippen LogP contribution in [0.4, 0.5) is 0 Å². The average molecular weight is 425 g/mol. The van der Waals surface area contributed by atoms with Crippen LogP contribution in [0.5, 0.6) is 0 Å². The van der Waals surface area contributed by atoms with Crippen molar-refractivity contribution in [1.82, 2.24) is 15.0 Å². The molecule has 2 aromatic heterocycles. The normalized spacial score (nSPS) is 11.2. The van der Waals surface area contributed by atoms with Crippen molar-refractivity contribution in [3.05, 3.63) is 97.1 Å². The molecule has 4 aromatic carbocycles. The molecule has 0 aliphatic rings. The average Bonchev–Trinajstić information content (AvgIpc) is 3.25. The lowest BCUT2D eigenvalue weighted by molar-refractivity contribution is 1.08. The van der Waals surface area contributed by atoms with Crippen LogP contribution in [0.2, 0.25) is 0 Å². The van der Waals surface area contributed by atoms with Gasteiger partial charge in [-0.1, -0.05) is 96.5 Å². The number of thiophene rings is 1. The lowest BCUT2D eigenvalue weighted by atomic mass is 9.94. The van der Waals surface area contributed by atoms with Gasteiger partial charge in [0.25, 0.3) is 0 Å². The van der Waals surface area contributed by atoms with Crippen LogP contribution in [0.25, 0.3) is 54.3 Å². The molecule has 148 valence electrons. The van der Waals surface area contributed by atoms with E-state index < -0.39 is 0 Å². The summed E-state index contributed by atoms with van der Waals surface area (Å²) in [6.45, 7) is 0. The Balaban J connectivity index is 1.64. The van der Waals surface area contributed by atoms with Crippen LogP contribution in [-0.2, 0) is 0 Å². The van der Waals surface area contributed by atoms with Gasteiger partial charge in [-0.3, -0.25) is 0 Å². The maximum atomic E-state index is 6.28. The predicted molar refractivity (Wildman–Crippen MR) is 134 cm³/mol. The van der Waals surface area contributed by atoms with E-state index in [-0.39, 0.29) is 0 Å². The first-order valence-corrected chi connectivity index (χ1v) is 11.2. The number of nitrogens with zero attached hydrogens (tertiary/aromatic N) is 3. The molecule has 0 bridgehead atoms. The molecular weight excluding hydrogens is 409 g/mol. The van der Waals surface area contributed by atoms with Gasteiger partial charge in [0.1, 0.15) is 7.85 Å². The Morgan fingerprint density at radius 3 is 1.66 bits per heavy atom. The molecule has 0 spiro atoms. The van der Waals surface area contributed by atoms with E-state index in [1.807, 2.05) is 72.8 Å². The van der Waals surface area contributed by atoms with E-state index in [1.54, 1.807) is 11.3 Å². The summed E-state index contributed by atoms with van der Waals surface area (Å²) in [5, 5.41) is 2.32. The number of fused-ring (bicyclic) bond motifs is 3. The van der Waals surface area contributed by atoms with Crippen LogP contribution >= 0.6 is 11.3 Å². The van der Waals surface area contributed by atoms with Gasteiger partial charge >= 0.3 is 0 Å². The molecule has 0 saturated heterocycles. The highest BCUT2D eigenvalue weighted by Crippen LogP contribution is 2.38. The molecule has 0 atom stereocenters. The first-order chi connectivity index (χ1) is 15.8. The highest BCUT2D eigenvalue weighted by atomic mass is 32.1. The van der Waals surface area contributed by atoms with E-state index in [2.05, 4.69) is 24.3 Å². The second-order valence-corrected chi connectivity index (χ2v) is 8.57. The topological polar surface area (TPSA) is 38.7 Å². The summed E-state index contributed by atoms with van der Waals surface area (Å²) in [6, 6.07) is 32.4. The highest BCUT2D eigenvalue weighted by Gasteiger charge is 2.16. The second-order valence-electron chi connectivity index (χ2n) is 7.55. The molecule has 6 rings (SSSR count). The van der Waals surface area contributed by atoms with Crippen LogP contribution in [-0.4, -0.2) is 22.8 Å². The van der Waals surface area contributed by atoms with Crippen molar-refractivity contribution in [3.8, 4) is 34.2 Å². The number of hydrogen-bond donors (Lipinski definition) is 0. The third-order valence-electron chi connectivity index (χ3n) is 5.50.